The molecule has 29 heavy (non-hydrogen) atoms. The minimum atomic E-state index is -1.01. The molecule has 0 aliphatic heterocycles. The highest BCUT2D eigenvalue weighted by Crippen LogP contribution is 2.28. The molecule has 2 aromatic carbocycles. The molecule has 0 aliphatic carbocycles. The molecule has 0 radical (unpaired) electrons. The lowest BCUT2D eigenvalue weighted by Crippen LogP contribution is -2.21. The highest BCUT2D eigenvalue weighted by atomic mass is 32.1. The van der Waals surface area contributed by atoms with Crippen molar-refractivity contribution < 1.29 is 14.3 Å². The molecule has 1 atom stereocenters. The Bertz CT molecular complexity index is 970. The molecule has 3 rings (SSSR count). The summed E-state index contributed by atoms with van der Waals surface area (Å²) in [5.41, 5.74) is 2.74. The molecule has 1 aromatic heterocycles. The number of ether oxygens (including phenoxy) is 1. The van der Waals surface area contributed by atoms with E-state index in [1.807, 2.05) is 66.7 Å². The second-order valence-corrected chi connectivity index (χ2v) is 7.48. The second kappa shape index (κ2) is 9.76. The van der Waals surface area contributed by atoms with Crippen molar-refractivity contribution in [2.75, 3.05) is 6.61 Å². The van der Waals surface area contributed by atoms with Gasteiger partial charge in [-0.15, -0.1) is 11.3 Å². The van der Waals surface area contributed by atoms with Gasteiger partial charge in [0, 0.05) is 17.0 Å². The van der Waals surface area contributed by atoms with E-state index in [9.17, 15) is 14.9 Å². The molecule has 0 saturated carbocycles. The van der Waals surface area contributed by atoms with Gasteiger partial charge in [0.15, 0.2) is 18.3 Å². The summed E-state index contributed by atoms with van der Waals surface area (Å²) in [6, 6.07) is 21.4. The highest BCUT2D eigenvalue weighted by molar-refractivity contribution is 7.09. The summed E-state index contributed by atoms with van der Waals surface area (Å²) in [4.78, 5) is 29.1. The molecule has 5 nitrogen and oxygen atoms in total. The Balaban J connectivity index is 1.66. The van der Waals surface area contributed by atoms with Crippen LogP contribution in [-0.2, 0) is 14.3 Å². The Morgan fingerprint density at radius 3 is 2.14 bits per heavy atom. The summed E-state index contributed by atoms with van der Waals surface area (Å²) < 4.78 is 5.23. The fraction of sp³-hybridized carbons (Fsp3) is 0.217. The standard InChI is InChI=1S/C23H20N2O3S/c1-16-15-29-23(25-16)20(13-24)21(26)14-28-22(27)12-19(17-8-4-2-5-9-17)18-10-6-3-7-11-18/h2-11,15,19-20H,12,14H2,1H3/t20-/m1/s1. The number of aryl methyl sites for hydroxylation is 1. The first-order chi connectivity index (χ1) is 14.1. The Morgan fingerprint density at radius 1 is 1.07 bits per heavy atom. The first-order valence-corrected chi connectivity index (χ1v) is 10.1. The van der Waals surface area contributed by atoms with Crippen molar-refractivity contribution in [1.29, 1.82) is 5.26 Å². The van der Waals surface area contributed by atoms with Crippen molar-refractivity contribution >= 4 is 23.1 Å². The van der Waals surface area contributed by atoms with Gasteiger partial charge >= 0.3 is 5.97 Å². The molecule has 1 heterocycles. The number of carbonyl (C=O) groups is 2. The molecular formula is C23H20N2O3S. The Hall–Kier alpha value is -3.30. The Labute approximate surface area is 173 Å². The molecular weight excluding hydrogens is 384 g/mol. The van der Waals surface area contributed by atoms with E-state index in [0.29, 0.717) is 5.01 Å². The number of hydrogen-bond acceptors (Lipinski definition) is 6. The van der Waals surface area contributed by atoms with Gasteiger partial charge < -0.3 is 4.74 Å². The van der Waals surface area contributed by atoms with Gasteiger partial charge in [-0.2, -0.15) is 5.26 Å². The minimum Gasteiger partial charge on any atom is -0.458 e. The van der Waals surface area contributed by atoms with E-state index in [1.54, 1.807) is 12.3 Å². The van der Waals surface area contributed by atoms with Gasteiger partial charge in [-0.1, -0.05) is 60.7 Å². The molecule has 0 unspecified atom stereocenters. The van der Waals surface area contributed by atoms with Crippen LogP contribution in [0.3, 0.4) is 0 Å². The maximum Gasteiger partial charge on any atom is 0.307 e. The number of ketones is 1. The number of rotatable bonds is 8. The zero-order valence-corrected chi connectivity index (χ0v) is 16.8. The summed E-state index contributed by atoms with van der Waals surface area (Å²) in [6.45, 7) is 1.36. The average Bonchev–Trinajstić information content (AvgIpc) is 3.18. The predicted molar refractivity (Wildman–Crippen MR) is 111 cm³/mol. The number of Topliss-reactive ketones (excluding diaryl/α,β-unsaturated/α-hetero) is 1. The zero-order valence-electron chi connectivity index (χ0n) is 15.9. The molecule has 0 N–H and O–H groups in total. The third kappa shape index (κ3) is 5.37. The van der Waals surface area contributed by atoms with E-state index < -0.39 is 24.3 Å². The molecule has 0 amide bonds. The van der Waals surface area contributed by atoms with E-state index in [2.05, 4.69) is 4.98 Å². The average molecular weight is 404 g/mol. The van der Waals surface area contributed by atoms with Crippen molar-refractivity contribution in [1.82, 2.24) is 4.98 Å². The first kappa shape index (κ1) is 20.4. The maximum absolute atomic E-state index is 12.5. The SMILES string of the molecule is Cc1csc([C@H](C#N)C(=O)COC(=O)CC(c2ccccc2)c2ccccc2)n1. The molecule has 0 saturated heterocycles. The van der Waals surface area contributed by atoms with Crippen LogP contribution in [0.2, 0.25) is 0 Å². The van der Waals surface area contributed by atoms with Crippen molar-refractivity contribution in [3.05, 3.63) is 87.9 Å². The number of benzene rings is 2. The lowest BCUT2D eigenvalue weighted by Gasteiger charge is -2.17. The topological polar surface area (TPSA) is 80.0 Å². The van der Waals surface area contributed by atoms with Crippen LogP contribution in [0.5, 0.6) is 0 Å². The van der Waals surface area contributed by atoms with Crippen LogP contribution < -0.4 is 0 Å². The predicted octanol–water partition coefficient (Wildman–Crippen LogP) is 4.39. The lowest BCUT2D eigenvalue weighted by molar-refractivity contribution is -0.148. The van der Waals surface area contributed by atoms with Crippen LogP contribution >= 0.6 is 11.3 Å². The molecule has 146 valence electrons. The fourth-order valence-electron chi connectivity index (χ4n) is 3.03. The van der Waals surface area contributed by atoms with Crippen LogP contribution in [0.25, 0.3) is 0 Å². The molecule has 0 aliphatic rings. The Morgan fingerprint density at radius 2 is 1.66 bits per heavy atom. The van der Waals surface area contributed by atoms with E-state index >= 15 is 0 Å². The maximum atomic E-state index is 12.5. The van der Waals surface area contributed by atoms with E-state index in [4.69, 9.17) is 4.74 Å². The number of nitrogens with zero attached hydrogens (tertiary/aromatic N) is 2. The number of aromatic nitrogens is 1. The highest BCUT2D eigenvalue weighted by Gasteiger charge is 2.25. The number of hydrogen-bond donors (Lipinski definition) is 0. The number of esters is 1. The summed E-state index contributed by atoms with van der Waals surface area (Å²) in [5.74, 6) is -2.14. The minimum absolute atomic E-state index is 0.106. The summed E-state index contributed by atoms with van der Waals surface area (Å²) in [7, 11) is 0. The quantitative estimate of drug-likeness (QED) is 0.520. The summed E-state index contributed by atoms with van der Waals surface area (Å²) in [6.07, 6.45) is 0.106. The first-order valence-electron chi connectivity index (χ1n) is 9.18. The molecule has 0 fully saturated rings. The fourth-order valence-corrected chi connectivity index (χ4v) is 3.89. The summed E-state index contributed by atoms with van der Waals surface area (Å²) >= 11 is 1.26. The van der Waals surface area contributed by atoms with Gasteiger partial charge in [-0.05, 0) is 18.1 Å². The third-order valence-electron chi connectivity index (χ3n) is 4.48. The molecule has 3 aromatic rings. The van der Waals surface area contributed by atoms with Gasteiger partial charge in [0.2, 0.25) is 0 Å². The number of thiazole rings is 1. The van der Waals surface area contributed by atoms with Crippen molar-refractivity contribution in [2.24, 2.45) is 0 Å². The van der Waals surface area contributed by atoms with Crippen molar-refractivity contribution in [3.63, 3.8) is 0 Å². The normalized spacial score (nSPS) is 11.6. The van der Waals surface area contributed by atoms with E-state index in [1.165, 1.54) is 11.3 Å². The number of nitriles is 1. The molecule has 0 bridgehead atoms. The van der Waals surface area contributed by atoms with Gasteiger partial charge in [0.05, 0.1) is 12.5 Å². The smallest absolute Gasteiger partial charge is 0.307 e. The van der Waals surface area contributed by atoms with Crippen LogP contribution in [-0.4, -0.2) is 23.3 Å². The van der Waals surface area contributed by atoms with Gasteiger partial charge in [-0.25, -0.2) is 4.98 Å². The van der Waals surface area contributed by atoms with Gasteiger partial charge in [0.25, 0.3) is 0 Å². The Kier molecular flexibility index (Phi) is 6.88. The van der Waals surface area contributed by atoms with Crippen LogP contribution in [0.4, 0.5) is 0 Å². The third-order valence-corrected chi connectivity index (χ3v) is 5.51. The summed E-state index contributed by atoms with van der Waals surface area (Å²) in [5, 5.41) is 11.5. The number of carbonyl (C=O) groups excluding carboxylic acids is 2. The van der Waals surface area contributed by atoms with Gasteiger partial charge in [-0.3, -0.25) is 9.59 Å². The zero-order chi connectivity index (χ0) is 20.6. The molecule has 6 heteroatoms. The van der Waals surface area contributed by atoms with Crippen LogP contribution in [0.1, 0.15) is 40.1 Å². The van der Waals surface area contributed by atoms with Crippen molar-refractivity contribution in [2.45, 2.75) is 25.2 Å². The monoisotopic (exact) mass is 404 g/mol. The lowest BCUT2D eigenvalue weighted by atomic mass is 9.88. The largest absolute Gasteiger partial charge is 0.458 e. The van der Waals surface area contributed by atoms with Crippen LogP contribution in [0.15, 0.2) is 66.0 Å². The van der Waals surface area contributed by atoms with E-state index in [0.717, 1.165) is 16.8 Å². The van der Waals surface area contributed by atoms with E-state index in [-0.39, 0.29) is 12.3 Å². The van der Waals surface area contributed by atoms with Crippen molar-refractivity contribution in [3.8, 4) is 6.07 Å². The molecule has 0 spiro atoms. The van der Waals surface area contributed by atoms with Gasteiger partial charge in [0.1, 0.15) is 5.01 Å². The van der Waals surface area contributed by atoms with Crippen LogP contribution in [0, 0.1) is 18.3 Å². The second-order valence-electron chi connectivity index (χ2n) is 6.59.